The van der Waals surface area contributed by atoms with E-state index in [2.05, 4.69) is 21.7 Å². The van der Waals surface area contributed by atoms with Gasteiger partial charge < -0.3 is 14.8 Å². The molecule has 2 heterocycles. The first-order valence-corrected chi connectivity index (χ1v) is 9.28. The van der Waals surface area contributed by atoms with Crippen LogP contribution in [0.4, 0.5) is 0 Å². The summed E-state index contributed by atoms with van der Waals surface area (Å²) < 4.78 is 10.5. The first-order valence-electron chi connectivity index (χ1n) is 8.34. The van der Waals surface area contributed by atoms with Crippen LogP contribution in [0.25, 0.3) is 17.2 Å². The van der Waals surface area contributed by atoms with Gasteiger partial charge in [-0.2, -0.15) is 11.3 Å². The molecule has 0 aliphatic rings. The second-order valence-corrected chi connectivity index (χ2v) is 6.54. The lowest BCUT2D eigenvalue weighted by atomic mass is 10.1. The van der Waals surface area contributed by atoms with Crippen LogP contribution in [0.15, 0.2) is 59.6 Å². The van der Waals surface area contributed by atoms with Crippen LogP contribution in [-0.4, -0.2) is 25.1 Å². The number of pyridine rings is 1. The van der Waals surface area contributed by atoms with E-state index in [1.54, 1.807) is 43.9 Å². The number of nitrogens with zero attached hydrogens (tertiary/aromatic N) is 1. The number of benzene rings is 1. The van der Waals surface area contributed by atoms with Gasteiger partial charge in [0, 0.05) is 30.6 Å². The van der Waals surface area contributed by atoms with E-state index in [4.69, 9.17) is 9.47 Å². The molecule has 138 valence electrons. The van der Waals surface area contributed by atoms with E-state index in [9.17, 15) is 4.79 Å². The van der Waals surface area contributed by atoms with E-state index in [1.165, 1.54) is 6.08 Å². The van der Waals surface area contributed by atoms with Gasteiger partial charge in [0.25, 0.3) is 0 Å². The van der Waals surface area contributed by atoms with Gasteiger partial charge in [-0.05, 0) is 57.8 Å². The zero-order valence-corrected chi connectivity index (χ0v) is 16.0. The van der Waals surface area contributed by atoms with E-state index < -0.39 is 0 Å². The summed E-state index contributed by atoms with van der Waals surface area (Å²) in [6.07, 6.45) is 6.81. The largest absolute Gasteiger partial charge is 0.493 e. The van der Waals surface area contributed by atoms with Gasteiger partial charge in [0.2, 0.25) is 5.91 Å². The molecule has 0 radical (unpaired) electrons. The van der Waals surface area contributed by atoms with Crippen LogP contribution >= 0.6 is 11.3 Å². The Balaban J connectivity index is 1.60. The van der Waals surface area contributed by atoms with Crippen LogP contribution in [0.5, 0.6) is 11.5 Å². The Bertz CT molecular complexity index is 936. The molecule has 0 aliphatic heterocycles. The molecule has 1 amide bonds. The first-order chi connectivity index (χ1) is 13.2. The molecule has 3 aromatic rings. The number of carbonyl (C=O) groups excluding carboxylic acids is 1. The van der Waals surface area contributed by atoms with Gasteiger partial charge in [-0.15, -0.1) is 0 Å². The Morgan fingerprint density at radius 3 is 2.70 bits per heavy atom. The van der Waals surface area contributed by atoms with Crippen LogP contribution in [0.3, 0.4) is 0 Å². The maximum Gasteiger partial charge on any atom is 0.244 e. The Morgan fingerprint density at radius 1 is 1.11 bits per heavy atom. The predicted octanol–water partition coefficient (Wildman–Crippen LogP) is 4.16. The van der Waals surface area contributed by atoms with Crippen molar-refractivity contribution in [2.75, 3.05) is 14.2 Å². The van der Waals surface area contributed by atoms with Gasteiger partial charge in [0.05, 0.1) is 14.2 Å². The second kappa shape index (κ2) is 9.00. The third kappa shape index (κ3) is 4.95. The number of rotatable bonds is 7. The highest BCUT2D eigenvalue weighted by atomic mass is 32.1. The lowest BCUT2D eigenvalue weighted by Crippen LogP contribution is -2.20. The summed E-state index contributed by atoms with van der Waals surface area (Å²) in [7, 11) is 3.17. The maximum absolute atomic E-state index is 12.1. The maximum atomic E-state index is 12.1. The highest BCUT2D eigenvalue weighted by Crippen LogP contribution is 2.28. The van der Waals surface area contributed by atoms with Crippen LogP contribution in [-0.2, 0) is 11.3 Å². The zero-order chi connectivity index (χ0) is 19.1. The van der Waals surface area contributed by atoms with E-state index in [1.807, 2.05) is 29.8 Å². The minimum Gasteiger partial charge on any atom is -0.493 e. The molecule has 0 spiro atoms. The third-order valence-corrected chi connectivity index (χ3v) is 4.63. The normalized spacial score (nSPS) is 10.7. The number of hydrogen-bond donors (Lipinski definition) is 1. The van der Waals surface area contributed by atoms with Crippen molar-refractivity contribution in [2.24, 2.45) is 0 Å². The number of methoxy groups -OCH3 is 2. The minimum atomic E-state index is -0.175. The monoisotopic (exact) mass is 380 g/mol. The van der Waals surface area contributed by atoms with Crippen molar-refractivity contribution < 1.29 is 14.3 Å². The summed E-state index contributed by atoms with van der Waals surface area (Å²) in [4.78, 5) is 16.4. The molecule has 0 bridgehead atoms. The fourth-order valence-corrected chi connectivity index (χ4v) is 3.21. The average molecular weight is 380 g/mol. The quantitative estimate of drug-likeness (QED) is 0.626. The highest BCUT2D eigenvalue weighted by Gasteiger charge is 2.04. The molecule has 0 aliphatic carbocycles. The van der Waals surface area contributed by atoms with Crippen molar-refractivity contribution in [2.45, 2.75) is 6.54 Å². The summed E-state index contributed by atoms with van der Waals surface area (Å²) in [5, 5.41) is 6.98. The van der Waals surface area contributed by atoms with Crippen LogP contribution in [0.1, 0.15) is 11.1 Å². The van der Waals surface area contributed by atoms with Gasteiger partial charge in [-0.3, -0.25) is 9.78 Å². The first kappa shape index (κ1) is 18.7. The smallest absolute Gasteiger partial charge is 0.244 e. The van der Waals surface area contributed by atoms with Crippen LogP contribution in [0.2, 0.25) is 0 Å². The molecule has 2 aromatic heterocycles. The number of carbonyl (C=O) groups is 1. The Labute approximate surface area is 162 Å². The second-order valence-electron chi connectivity index (χ2n) is 5.76. The third-order valence-electron chi connectivity index (χ3n) is 3.95. The fraction of sp³-hybridized carbons (Fsp3) is 0.143. The average Bonchev–Trinajstić information content (AvgIpc) is 3.25. The van der Waals surface area contributed by atoms with Crippen molar-refractivity contribution in [3.63, 3.8) is 0 Å². The summed E-state index contributed by atoms with van der Waals surface area (Å²) in [6.45, 7) is 0.417. The standard InChI is InChI=1S/C21H20N2O3S/c1-25-19-5-3-15(10-20(19)26-2)4-6-21(24)23-12-16-9-18(13-22-11-16)17-7-8-27-14-17/h3-11,13-14H,12H2,1-2H3,(H,23,24)/b6-4+. The molecule has 0 atom stereocenters. The molecule has 1 N–H and O–H groups in total. The Morgan fingerprint density at radius 2 is 1.96 bits per heavy atom. The van der Waals surface area contributed by atoms with E-state index in [0.29, 0.717) is 18.0 Å². The summed E-state index contributed by atoms with van der Waals surface area (Å²) >= 11 is 1.64. The van der Waals surface area contributed by atoms with E-state index in [0.717, 1.165) is 22.3 Å². The molecule has 0 fully saturated rings. The number of nitrogens with one attached hydrogen (secondary N) is 1. The molecular weight excluding hydrogens is 360 g/mol. The number of aromatic nitrogens is 1. The van der Waals surface area contributed by atoms with Crippen LogP contribution in [0, 0.1) is 0 Å². The number of amides is 1. The van der Waals surface area contributed by atoms with Crippen molar-refractivity contribution in [1.82, 2.24) is 10.3 Å². The summed E-state index contributed by atoms with van der Waals surface area (Å²) in [5.74, 6) is 1.10. The number of thiophene rings is 1. The summed E-state index contributed by atoms with van der Waals surface area (Å²) in [5.41, 5.74) is 3.98. The Kier molecular flexibility index (Phi) is 6.22. The highest BCUT2D eigenvalue weighted by molar-refractivity contribution is 7.08. The SMILES string of the molecule is COc1ccc(/C=C/C(=O)NCc2cncc(-c3ccsc3)c2)cc1OC. The van der Waals surface area contributed by atoms with Crippen molar-refractivity contribution >= 4 is 23.3 Å². The van der Waals surface area contributed by atoms with E-state index in [-0.39, 0.29) is 5.91 Å². The van der Waals surface area contributed by atoms with Gasteiger partial charge in [-0.1, -0.05) is 6.07 Å². The van der Waals surface area contributed by atoms with Crippen molar-refractivity contribution in [3.05, 3.63) is 70.7 Å². The zero-order valence-electron chi connectivity index (χ0n) is 15.1. The molecule has 6 heteroatoms. The lowest BCUT2D eigenvalue weighted by molar-refractivity contribution is -0.116. The number of ether oxygens (including phenoxy) is 2. The number of hydrogen-bond acceptors (Lipinski definition) is 5. The summed E-state index contributed by atoms with van der Waals surface area (Å²) in [6, 6.07) is 9.57. The topological polar surface area (TPSA) is 60.5 Å². The lowest BCUT2D eigenvalue weighted by Gasteiger charge is -2.07. The molecule has 5 nitrogen and oxygen atoms in total. The molecule has 0 unspecified atom stereocenters. The van der Waals surface area contributed by atoms with Gasteiger partial charge in [0.1, 0.15) is 0 Å². The molecule has 27 heavy (non-hydrogen) atoms. The molecule has 3 rings (SSSR count). The van der Waals surface area contributed by atoms with Gasteiger partial charge in [0.15, 0.2) is 11.5 Å². The van der Waals surface area contributed by atoms with Gasteiger partial charge >= 0.3 is 0 Å². The predicted molar refractivity (Wildman–Crippen MR) is 108 cm³/mol. The molecule has 1 aromatic carbocycles. The minimum absolute atomic E-state index is 0.175. The molecule has 0 saturated heterocycles. The van der Waals surface area contributed by atoms with Crippen LogP contribution < -0.4 is 14.8 Å². The molecule has 0 saturated carbocycles. The van der Waals surface area contributed by atoms with Crippen molar-refractivity contribution in [3.8, 4) is 22.6 Å². The molecular formula is C21H20N2O3S. The Hall–Kier alpha value is -3.12. The fourth-order valence-electron chi connectivity index (χ4n) is 2.55. The van der Waals surface area contributed by atoms with Crippen molar-refractivity contribution in [1.29, 1.82) is 0 Å². The van der Waals surface area contributed by atoms with E-state index >= 15 is 0 Å². The van der Waals surface area contributed by atoms with Gasteiger partial charge in [-0.25, -0.2) is 0 Å².